The molecule has 0 spiro atoms. The van der Waals surface area contributed by atoms with Crippen LogP contribution in [0.2, 0.25) is 5.02 Å². The second-order valence-electron chi connectivity index (χ2n) is 3.75. The Morgan fingerprint density at radius 2 is 2.11 bits per heavy atom. The second-order valence-corrected chi connectivity index (χ2v) is 6.73. The van der Waals surface area contributed by atoms with Crippen LogP contribution in [0, 0.1) is 6.92 Å². The van der Waals surface area contributed by atoms with Gasteiger partial charge in [-0.15, -0.1) is 0 Å². The lowest BCUT2D eigenvalue weighted by Crippen LogP contribution is -2.24. The number of hydrogen-bond acceptors (Lipinski definition) is 4. The van der Waals surface area contributed by atoms with E-state index in [0.29, 0.717) is 9.50 Å². The standard InChI is InChI=1S/C11H13BrClNO4S/c1-3-18-11(15)6-19(16,17)14-10-5-9(13)7(2)4-8(10)12/h4-5,14H,3,6H2,1-2H3. The highest BCUT2D eigenvalue weighted by Crippen LogP contribution is 2.29. The monoisotopic (exact) mass is 369 g/mol. The molecule has 0 atom stereocenters. The largest absolute Gasteiger partial charge is 0.465 e. The Balaban J connectivity index is 2.90. The summed E-state index contributed by atoms with van der Waals surface area (Å²) in [6, 6.07) is 3.16. The van der Waals surface area contributed by atoms with Crippen LogP contribution in [-0.2, 0) is 19.6 Å². The predicted octanol–water partition coefficient (Wildman–Crippen LogP) is 2.72. The van der Waals surface area contributed by atoms with E-state index in [4.69, 9.17) is 11.6 Å². The molecule has 1 aromatic carbocycles. The van der Waals surface area contributed by atoms with Crippen LogP contribution in [0.4, 0.5) is 5.69 Å². The molecule has 0 aromatic heterocycles. The summed E-state index contributed by atoms with van der Waals surface area (Å²) in [4.78, 5) is 11.2. The Hall–Kier alpha value is -0.790. The number of anilines is 1. The minimum atomic E-state index is -3.82. The summed E-state index contributed by atoms with van der Waals surface area (Å²) < 4.78 is 30.9. The first-order valence-electron chi connectivity index (χ1n) is 5.37. The Morgan fingerprint density at radius 1 is 1.47 bits per heavy atom. The number of hydrogen-bond donors (Lipinski definition) is 1. The van der Waals surface area contributed by atoms with Crippen LogP contribution < -0.4 is 4.72 Å². The highest BCUT2D eigenvalue weighted by Gasteiger charge is 2.19. The van der Waals surface area contributed by atoms with Crippen molar-refractivity contribution in [2.24, 2.45) is 0 Å². The molecule has 0 heterocycles. The van der Waals surface area contributed by atoms with Gasteiger partial charge >= 0.3 is 5.97 Å². The third kappa shape index (κ3) is 5.00. The molecule has 0 fully saturated rings. The summed E-state index contributed by atoms with van der Waals surface area (Å²) in [6.45, 7) is 3.53. The third-order valence-corrected chi connectivity index (χ3v) is 4.34. The highest BCUT2D eigenvalue weighted by molar-refractivity contribution is 9.10. The van der Waals surface area contributed by atoms with Crippen molar-refractivity contribution >= 4 is 49.2 Å². The molecule has 0 aliphatic carbocycles. The molecule has 0 bridgehead atoms. The zero-order valence-electron chi connectivity index (χ0n) is 10.4. The Bertz CT molecular complexity index is 589. The van der Waals surface area contributed by atoms with Crippen molar-refractivity contribution in [1.29, 1.82) is 0 Å². The first-order chi connectivity index (χ1) is 8.75. The van der Waals surface area contributed by atoms with Gasteiger partial charge in [-0.1, -0.05) is 11.6 Å². The van der Waals surface area contributed by atoms with Crippen molar-refractivity contribution in [3.05, 3.63) is 27.2 Å². The van der Waals surface area contributed by atoms with Gasteiger partial charge in [0, 0.05) is 9.50 Å². The van der Waals surface area contributed by atoms with Crippen molar-refractivity contribution in [3.8, 4) is 0 Å². The third-order valence-electron chi connectivity index (χ3n) is 2.13. The average molecular weight is 371 g/mol. The van der Waals surface area contributed by atoms with Crippen LogP contribution in [0.5, 0.6) is 0 Å². The molecule has 0 saturated heterocycles. The fourth-order valence-corrected chi connectivity index (χ4v) is 3.11. The van der Waals surface area contributed by atoms with Crippen LogP contribution in [-0.4, -0.2) is 26.7 Å². The van der Waals surface area contributed by atoms with E-state index in [2.05, 4.69) is 25.4 Å². The molecule has 0 aliphatic heterocycles. The van der Waals surface area contributed by atoms with Crippen molar-refractivity contribution in [3.63, 3.8) is 0 Å². The number of nitrogens with one attached hydrogen (secondary N) is 1. The average Bonchev–Trinajstić information content (AvgIpc) is 2.24. The summed E-state index contributed by atoms with van der Waals surface area (Å²) in [5.41, 5.74) is 1.08. The molecular weight excluding hydrogens is 358 g/mol. The lowest BCUT2D eigenvalue weighted by molar-refractivity contribution is -0.139. The number of rotatable bonds is 5. The van der Waals surface area contributed by atoms with Crippen molar-refractivity contribution < 1.29 is 17.9 Å². The molecule has 0 radical (unpaired) electrons. The summed E-state index contributed by atoms with van der Waals surface area (Å²) in [6.07, 6.45) is 0. The molecule has 1 N–H and O–H groups in total. The van der Waals surface area contributed by atoms with E-state index in [0.717, 1.165) is 5.56 Å². The van der Waals surface area contributed by atoms with E-state index in [1.54, 1.807) is 19.9 Å². The molecule has 0 unspecified atom stereocenters. The molecule has 0 amide bonds. The number of carbonyl (C=O) groups is 1. The van der Waals surface area contributed by atoms with Gasteiger partial charge in [-0.3, -0.25) is 9.52 Å². The number of aryl methyl sites for hydroxylation is 1. The normalized spacial score (nSPS) is 11.2. The van der Waals surface area contributed by atoms with Crippen LogP contribution >= 0.6 is 27.5 Å². The minimum Gasteiger partial charge on any atom is -0.465 e. The molecule has 5 nitrogen and oxygen atoms in total. The minimum absolute atomic E-state index is 0.133. The maximum atomic E-state index is 11.8. The van der Waals surface area contributed by atoms with Gasteiger partial charge in [0.2, 0.25) is 10.0 Å². The Morgan fingerprint density at radius 3 is 2.68 bits per heavy atom. The molecular formula is C11H13BrClNO4S. The van der Waals surface area contributed by atoms with Gasteiger partial charge in [0.25, 0.3) is 0 Å². The van der Waals surface area contributed by atoms with Gasteiger partial charge in [-0.05, 0) is 47.5 Å². The number of esters is 1. The van der Waals surface area contributed by atoms with Crippen LogP contribution in [0.1, 0.15) is 12.5 Å². The number of benzene rings is 1. The first kappa shape index (κ1) is 16.3. The van der Waals surface area contributed by atoms with E-state index >= 15 is 0 Å². The van der Waals surface area contributed by atoms with Gasteiger partial charge < -0.3 is 4.74 Å². The van der Waals surface area contributed by atoms with Gasteiger partial charge in [0.1, 0.15) is 0 Å². The van der Waals surface area contributed by atoms with Gasteiger partial charge in [-0.25, -0.2) is 8.42 Å². The molecule has 0 aliphatic rings. The van der Waals surface area contributed by atoms with Gasteiger partial charge in [0.15, 0.2) is 5.75 Å². The number of carbonyl (C=O) groups excluding carboxylic acids is 1. The fourth-order valence-electron chi connectivity index (χ4n) is 1.29. The maximum Gasteiger partial charge on any atom is 0.323 e. The summed E-state index contributed by atoms with van der Waals surface area (Å²) >= 11 is 9.15. The van der Waals surface area contributed by atoms with Crippen molar-refractivity contribution in [2.75, 3.05) is 17.1 Å². The van der Waals surface area contributed by atoms with Crippen LogP contribution in [0.3, 0.4) is 0 Å². The van der Waals surface area contributed by atoms with Crippen LogP contribution in [0.25, 0.3) is 0 Å². The lowest BCUT2D eigenvalue weighted by atomic mass is 10.2. The number of halogens is 2. The molecule has 0 saturated carbocycles. The number of sulfonamides is 1. The number of ether oxygens (including phenoxy) is 1. The predicted molar refractivity (Wildman–Crippen MR) is 77.9 cm³/mol. The smallest absolute Gasteiger partial charge is 0.323 e. The Kier molecular flexibility index (Phi) is 5.64. The lowest BCUT2D eigenvalue weighted by Gasteiger charge is -2.11. The van der Waals surface area contributed by atoms with E-state index < -0.39 is 21.7 Å². The van der Waals surface area contributed by atoms with Gasteiger partial charge in [0.05, 0.1) is 12.3 Å². The topological polar surface area (TPSA) is 72.5 Å². The maximum absolute atomic E-state index is 11.8. The van der Waals surface area contributed by atoms with Crippen molar-refractivity contribution in [1.82, 2.24) is 0 Å². The van der Waals surface area contributed by atoms with Crippen LogP contribution in [0.15, 0.2) is 16.6 Å². The fraction of sp³-hybridized carbons (Fsp3) is 0.364. The van der Waals surface area contributed by atoms with E-state index in [-0.39, 0.29) is 12.3 Å². The van der Waals surface area contributed by atoms with E-state index in [9.17, 15) is 13.2 Å². The zero-order valence-corrected chi connectivity index (χ0v) is 13.5. The molecule has 1 rings (SSSR count). The Labute approximate surface area is 125 Å². The van der Waals surface area contributed by atoms with E-state index in [1.807, 2.05) is 0 Å². The molecule has 1 aromatic rings. The summed E-state index contributed by atoms with van der Waals surface area (Å²) in [5.74, 6) is -1.54. The quantitative estimate of drug-likeness (QED) is 0.809. The highest BCUT2D eigenvalue weighted by atomic mass is 79.9. The van der Waals surface area contributed by atoms with Crippen molar-refractivity contribution in [2.45, 2.75) is 13.8 Å². The summed E-state index contributed by atoms with van der Waals surface area (Å²) in [7, 11) is -3.82. The zero-order chi connectivity index (χ0) is 14.6. The molecule has 19 heavy (non-hydrogen) atoms. The second kappa shape index (κ2) is 6.58. The first-order valence-corrected chi connectivity index (χ1v) is 8.19. The molecule has 8 heteroatoms. The molecule has 106 valence electrons. The van der Waals surface area contributed by atoms with Gasteiger partial charge in [-0.2, -0.15) is 0 Å². The van der Waals surface area contributed by atoms with E-state index in [1.165, 1.54) is 6.07 Å². The SMILES string of the molecule is CCOC(=O)CS(=O)(=O)Nc1cc(Cl)c(C)cc1Br. The summed E-state index contributed by atoms with van der Waals surface area (Å²) in [5, 5.41) is 0.428.